The maximum Gasteiger partial charge on any atom is 0.338 e. The minimum Gasteiger partial charge on any atom is -0.493 e. The standard InChI is InChI=1S/C20H25NO5S/c1-3-25-16-8-7-14(11-17(16)24-2)18-21-15(13-27-18)12-26-19(22)20(23)9-5-4-6-10-20/h7-8,11,13,23H,3-6,9-10,12H2,1-2H3. The van der Waals surface area contributed by atoms with Crippen molar-refractivity contribution in [1.82, 2.24) is 4.98 Å². The lowest BCUT2D eigenvalue weighted by atomic mass is 9.85. The topological polar surface area (TPSA) is 77.9 Å². The van der Waals surface area contributed by atoms with Gasteiger partial charge >= 0.3 is 5.97 Å². The van der Waals surface area contributed by atoms with E-state index in [9.17, 15) is 9.90 Å². The molecule has 0 unspecified atom stereocenters. The Morgan fingerprint density at radius 3 is 2.74 bits per heavy atom. The summed E-state index contributed by atoms with van der Waals surface area (Å²) in [5.41, 5.74) is 0.235. The van der Waals surface area contributed by atoms with E-state index in [1.165, 1.54) is 11.3 Å². The van der Waals surface area contributed by atoms with Crippen LogP contribution in [-0.2, 0) is 16.1 Å². The highest BCUT2D eigenvalue weighted by atomic mass is 32.1. The van der Waals surface area contributed by atoms with E-state index in [-0.39, 0.29) is 6.61 Å². The molecule has 1 aliphatic carbocycles. The third-order valence-electron chi connectivity index (χ3n) is 4.67. The van der Waals surface area contributed by atoms with Gasteiger partial charge in [0, 0.05) is 10.9 Å². The molecule has 0 bridgehead atoms. The molecule has 1 heterocycles. The summed E-state index contributed by atoms with van der Waals surface area (Å²) in [6.45, 7) is 2.55. The van der Waals surface area contributed by atoms with Crippen molar-refractivity contribution in [3.8, 4) is 22.1 Å². The molecular weight excluding hydrogens is 366 g/mol. The number of ether oxygens (including phenoxy) is 3. The van der Waals surface area contributed by atoms with E-state index in [0.717, 1.165) is 29.8 Å². The van der Waals surface area contributed by atoms with Gasteiger partial charge in [-0.1, -0.05) is 6.42 Å². The maximum absolute atomic E-state index is 12.2. The van der Waals surface area contributed by atoms with Crippen molar-refractivity contribution in [2.24, 2.45) is 0 Å². The number of nitrogens with zero attached hydrogens (tertiary/aromatic N) is 1. The van der Waals surface area contributed by atoms with Crippen LogP contribution in [-0.4, -0.2) is 35.4 Å². The van der Waals surface area contributed by atoms with Gasteiger partial charge < -0.3 is 19.3 Å². The van der Waals surface area contributed by atoms with Crippen LogP contribution in [0.2, 0.25) is 0 Å². The fourth-order valence-corrected chi connectivity index (χ4v) is 4.00. The van der Waals surface area contributed by atoms with Crippen molar-refractivity contribution < 1.29 is 24.1 Å². The molecule has 146 valence electrons. The average Bonchev–Trinajstić information content (AvgIpc) is 3.16. The average molecular weight is 391 g/mol. The van der Waals surface area contributed by atoms with E-state index >= 15 is 0 Å². The Morgan fingerprint density at radius 1 is 1.26 bits per heavy atom. The molecule has 27 heavy (non-hydrogen) atoms. The van der Waals surface area contributed by atoms with Gasteiger partial charge in [0.1, 0.15) is 11.6 Å². The molecule has 1 N–H and O–H groups in total. The molecule has 0 saturated heterocycles. The number of rotatable bonds is 7. The minimum absolute atomic E-state index is 0.0613. The highest BCUT2D eigenvalue weighted by Gasteiger charge is 2.38. The third-order valence-corrected chi connectivity index (χ3v) is 5.61. The molecule has 0 atom stereocenters. The van der Waals surface area contributed by atoms with Crippen molar-refractivity contribution >= 4 is 17.3 Å². The Labute approximate surface area is 163 Å². The Morgan fingerprint density at radius 2 is 2.04 bits per heavy atom. The fraction of sp³-hybridized carbons (Fsp3) is 0.500. The van der Waals surface area contributed by atoms with Crippen molar-refractivity contribution in [2.75, 3.05) is 13.7 Å². The van der Waals surface area contributed by atoms with Crippen LogP contribution in [0.1, 0.15) is 44.7 Å². The summed E-state index contributed by atoms with van der Waals surface area (Å²) in [6, 6.07) is 5.66. The Bertz CT molecular complexity index is 782. The van der Waals surface area contributed by atoms with Gasteiger partial charge in [0.15, 0.2) is 17.1 Å². The lowest BCUT2D eigenvalue weighted by molar-refractivity contribution is -0.170. The van der Waals surface area contributed by atoms with Crippen LogP contribution in [0.4, 0.5) is 0 Å². The fourth-order valence-electron chi connectivity index (χ4n) is 3.20. The molecule has 1 fully saturated rings. The van der Waals surface area contributed by atoms with Gasteiger partial charge in [0.25, 0.3) is 0 Å². The normalized spacial score (nSPS) is 16.0. The second kappa shape index (κ2) is 8.71. The number of hydrogen-bond donors (Lipinski definition) is 1. The number of carbonyl (C=O) groups excluding carboxylic acids is 1. The highest BCUT2D eigenvalue weighted by molar-refractivity contribution is 7.13. The third kappa shape index (κ3) is 4.59. The molecule has 1 aliphatic rings. The van der Waals surface area contributed by atoms with Gasteiger partial charge in [-0.25, -0.2) is 9.78 Å². The van der Waals surface area contributed by atoms with Crippen molar-refractivity contribution in [1.29, 1.82) is 0 Å². The number of hydrogen-bond acceptors (Lipinski definition) is 7. The lowest BCUT2D eigenvalue weighted by Gasteiger charge is -2.29. The zero-order chi connectivity index (χ0) is 19.3. The number of aromatic nitrogens is 1. The van der Waals surface area contributed by atoms with Gasteiger partial charge in [-0.05, 0) is 50.8 Å². The molecule has 0 radical (unpaired) electrons. The molecule has 7 heteroatoms. The van der Waals surface area contributed by atoms with Crippen molar-refractivity contribution in [2.45, 2.75) is 51.2 Å². The van der Waals surface area contributed by atoms with Gasteiger partial charge in [-0.2, -0.15) is 0 Å². The molecule has 1 aromatic carbocycles. The molecule has 1 saturated carbocycles. The van der Waals surface area contributed by atoms with E-state index in [0.29, 0.717) is 36.6 Å². The van der Waals surface area contributed by atoms with Gasteiger partial charge in [-0.3, -0.25) is 0 Å². The van der Waals surface area contributed by atoms with E-state index in [1.807, 2.05) is 30.5 Å². The van der Waals surface area contributed by atoms with Crippen LogP contribution < -0.4 is 9.47 Å². The summed E-state index contributed by atoms with van der Waals surface area (Å²) in [6.07, 6.45) is 3.70. The monoisotopic (exact) mass is 391 g/mol. The predicted molar refractivity (Wildman–Crippen MR) is 103 cm³/mol. The second-order valence-corrected chi connectivity index (χ2v) is 7.47. The molecule has 0 aliphatic heterocycles. The molecule has 6 nitrogen and oxygen atoms in total. The zero-order valence-corrected chi connectivity index (χ0v) is 16.5. The van der Waals surface area contributed by atoms with Gasteiger partial charge in [-0.15, -0.1) is 11.3 Å². The number of benzene rings is 1. The van der Waals surface area contributed by atoms with Crippen LogP contribution in [0.5, 0.6) is 11.5 Å². The van der Waals surface area contributed by atoms with E-state index < -0.39 is 11.6 Å². The predicted octanol–water partition coefficient (Wildman–Crippen LogP) is 3.96. The van der Waals surface area contributed by atoms with Crippen LogP contribution >= 0.6 is 11.3 Å². The number of aliphatic hydroxyl groups is 1. The Hall–Kier alpha value is -2.12. The SMILES string of the molecule is CCOc1ccc(-c2nc(COC(=O)C3(O)CCCCC3)cs2)cc1OC. The Kier molecular flexibility index (Phi) is 6.34. The van der Waals surface area contributed by atoms with Crippen LogP contribution in [0, 0.1) is 0 Å². The number of thiazole rings is 1. The number of methoxy groups -OCH3 is 1. The van der Waals surface area contributed by atoms with Crippen LogP contribution in [0.3, 0.4) is 0 Å². The summed E-state index contributed by atoms with van der Waals surface area (Å²) in [5, 5.41) is 13.1. The quantitative estimate of drug-likeness (QED) is 0.720. The van der Waals surface area contributed by atoms with Crippen molar-refractivity contribution in [3.63, 3.8) is 0 Å². The first-order chi connectivity index (χ1) is 13.1. The molecular formula is C20H25NO5S. The van der Waals surface area contributed by atoms with Gasteiger partial charge in [0.2, 0.25) is 0 Å². The summed E-state index contributed by atoms with van der Waals surface area (Å²) < 4.78 is 16.2. The summed E-state index contributed by atoms with van der Waals surface area (Å²) >= 11 is 1.47. The molecule has 3 rings (SSSR count). The van der Waals surface area contributed by atoms with E-state index in [2.05, 4.69) is 4.98 Å². The molecule has 0 amide bonds. The molecule has 0 spiro atoms. The lowest BCUT2D eigenvalue weighted by Crippen LogP contribution is -2.41. The largest absolute Gasteiger partial charge is 0.493 e. The first-order valence-electron chi connectivity index (χ1n) is 9.21. The van der Waals surface area contributed by atoms with E-state index in [4.69, 9.17) is 14.2 Å². The number of carbonyl (C=O) groups is 1. The van der Waals surface area contributed by atoms with Crippen LogP contribution in [0.25, 0.3) is 10.6 Å². The summed E-state index contributed by atoms with van der Waals surface area (Å²) in [5.74, 6) is 0.798. The van der Waals surface area contributed by atoms with Crippen molar-refractivity contribution in [3.05, 3.63) is 29.3 Å². The maximum atomic E-state index is 12.2. The molecule has 1 aromatic heterocycles. The second-order valence-electron chi connectivity index (χ2n) is 6.61. The van der Waals surface area contributed by atoms with E-state index in [1.54, 1.807) is 7.11 Å². The summed E-state index contributed by atoms with van der Waals surface area (Å²) in [7, 11) is 1.60. The number of esters is 1. The first kappa shape index (κ1) is 19.6. The minimum atomic E-state index is -1.33. The Balaban J connectivity index is 1.65. The zero-order valence-electron chi connectivity index (χ0n) is 15.7. The highest BCUT2D eigenvalue weighted by Crippen LogP contribution is 2.34. The first-order valence-corrected chi connectivity index (χ1v) is 10.1. The summed E-state index contributed by atoms with van der Waals surface area (Å²) in [4.78, 5) is 16.8. The smallest absolute Gasteiger partial charge is 0.338 e. The van der Waals surface area contributed by atoms with Gasteiger partial charge in [0.05, 0.1) is 19.4 Å². The molecule has 2 aromatic rings. The van der Waals surface area contributed by atoms with Crippen LogP contribution in [0.15, 0.2) is 23.6 Å².